The highest BCUT2D eigenvalue weighted by atomic mass is 16.7. The first-order valence-electron chi connectivity index (χ1n) is 12.3. The number of hydrogen-bond donors (Lipinski definition) is 1. The largest absolute Gasteiger partial charge is 0.391 e. The molecule has 2 aliphatic heterocycles. The number of aliphatic hydroxyl groups excluding tert-OH is 1. The number of rotatable bonds is 2. The first-order valence-corrected chi connectivity index (χ1v) is 12.3. The van der Waals surface area contributed by atoms with E-state index in [2.05, 4.69) is 19.9 Å². The van der Waals surface area contributed by atoms with E-state index in [0.717, 1.165) is 44.3 Å². The Hall–Kier alpha value is -0.460. The van der Waals surface area contributed by atoms with Crippen LogP contribution in [0.4, 0.5) is 0 Å². The highest BCUT2D eigenvalue weighted by molar-refractivity contribution is 5.27. The van der Waals surface area contributed by atoms with E-state index in [9.17, 15) is 5.11 Å². The van der Waals surface area contributed by atoms with Gasteiger partial charge in [-0.25, -0.2) is 0 Å². The number of ether oxygens (including phenoxy) is 4. The van der Waals surface area contributed by atoms with Gasteiger partial charge in [0.25, 0.3) is 0 Å². The van der Waals surface area contributed by atoms with E-state index in [1.165, 1.54) is 32.1 Å². The van der Waals surface area contributed by atoms with Crippen LogP contribution in [-0.4, -0.2) is 49.7 Å². The van der Waals surface area contributed by atoms with Crippen LogP contribution in [0.25, 0.3) is 0 Å². The zero-order valence-corrected chi connectivity index (χ0v) is 18.7. The standard InChI is InChI=1S/C25H38O5/c1-22-9-10-24(27-11-12-28-24)15-17(22)3-4-18-19-5-6-21(23(19,2)8-7-20(18)22)25(16-26)29-13-14-30-25/h3,18-21,26H,4-16H2,1-2H3/t18-,19-,20-,21-,22-,23-/m0/s1. The Morgan fingerprint density at radius 1 is 0.900 bits per heavy atom. The molecule has 0 aromatic heterocycles. The Bertz CT molecular complexity index is 721. The summed E-state index contributed by atoms with van der Waals surface area (Å²) in [6.45, 7) is 7.71. The van der Waals surface area contributed by atoms with Crippen LogP contribution in [0.1, 0.15) is 65.2 Å². The molecule has 0 bridgehead atoms. The van der Waals surface area contributed by atoms with Crippen molar-refractivity contribution in [3.8, 4) is 0 Å². The van der Waals surface area contributed by atoms with E-state index in [1.54, 1.807) is 5.57 Å². The average Bonchev–Trinajstić information content (AvgIpc) is 3.47. The van der Waals surface area contributed by atoms with Gasteiger partial charge in [0.1, 0.15) is 0 Å². The van der Waals surface area contributed by atoms with E-state index >= 15 is 0 Å². The summed E-state index contributed by atoms with van der Waals surface area (Å²) in [6, 6.07) is 0. The molecule has 5 heteroatoms. The lowest BCUT2D eigenvalue weighted by Gasteiger charge is -2.59. The summed E-state index contributed by atoms with van der Waals surface area (Å²) in [5.74, 6) is 1.40. The van der Waals surface area contributed by atoms with Gasteiger partial charge >= 0.3 is 0 Å². The molecule has 30 heavy (non-hydrogen) atoms. The molecule has 168 valence electrons. The molecule has 5 nitrogen and oxygen atoms in total. The van der Waals surface area contributed by atoms with E-state index in [-0.39, 0.29) is 23.2 Å². The average molecular weight is 419 g/mol. The summed E-state index contributed by atoms with van der Waals surface area (Å²) in [6.07, 6.45) is 11.8. The molecule has 2 saturated heterocycles. The molecular formula is C25H38O5. The van der Waals surface area contributed by atoms with Crippen LogP contribution in [0.5, 0.6) is 0 Å². The maximum atomic E-state index is 10.2. The Labute approximate surface area is 180 Å². The van der Waals surface area contributed by atoms with Crippen molar-refractivity contribution in [2.45, 2.75) is 76.8 Å². The molecule has 0 aromatic rings. The summed E-state index contributed by atoms with van der Waals surface area (Å²) < 4.78 is 24.3. The maximum absolute atomic E-state index is 10.2. The minimum atomic E-state index is -0.760. The zero-order valence-electron chi connectivity index (χ0n) is 18.7. The molecular weight excluding hydrogens is 380 g/mol. The van der Waals surface area contributed by atoms with Crippen molar-refractivity contribution in [2.24, 2.45) is 34.5 Å². The van der Waals surface area contributed by atoms with Crippen molar-refractivity contribution in [3.63, 3.8) is 0 Å². The first-order chi connectivity index (χ1) is 14.4. The lowest BCUT2D eigenvalue weighted by Crippen LogP contribution is -2.55. The maximum Gasteiger partial charge on any atom is 0.195 e. The Balaban J connectivity index is 1.29. The fraction of sp³-hybridized carbons (Fsp3) is 0.920. The van der Waals surface area contributed by atoms with Gasteiger partial charge in [0.2, 0.25) is 0 Å². The summed E-state index contributed by atoms with van der Waals surface area (Å²) in [5, 5.41) is 10.2. The molecule has 6 atom stereocenters. The number of hydrogen-bond acceptors (Lipinski definition) is 5. The third-order valence-corrected chi connectivity index (χ3v) is 10.5. The van der Waals surface area contributed by atoms with Gasteiger partial charge in [-0.15, -0.1) is 0 Å². The van der Waals surface area contributed by atoms with E-state index in [1.807, 2.05) is 0 Å². The van der Waals surface area contributed by atoms with Crippen molar-refractivity contribution < 1.29 is 24.1 Å². The van der Waals surface area contributed by atoms with Gasteiger partial charge in [0, 0.05) is 18.8 Å². The first kappa shape index (κ1) is 20.2. The molecule has 6 rings (SSSR count). The fourth-order valence-corrected chi connectivity index (χ4v) is 8.94. The zero-order chi connectivity index (χ0) is 20.6. The van der Waals surface area contributed by atoms with Gasteiger partial charge in [-0.3, -0.25) is 0 Å². The van der Waals surface area contributed by atoms with Gasteiger partial charge in [0.05, 0.1) is 33.0 Å². The number of fused-ring (bicyclic) bond motifs is 5. The molecule has 0 unspecified atom stereocenters. The SMILES string of the molecule is C[C@]12CC[C@H]3[C@@H](CC=C4CC5(CC[C@@]43C)OCCO5)[C@@H]1CC[C@@H]2C1(CO)OCCO1. The van der Waals surface area contributed by atoms with Crippen molar-refractivity contribution in [2.75, 3.05) is 33.0 Å². The van der Waals surface area contributed by atoms with Crippen LogP contribution in [0, 0.1) is 34.5 Å². The molecule has 5 fully saturated rings. The minimum Gasteiger partial charge on any atom is -0.391 e. The van der Waals surface area contributed by atoms with Gasteiger partial charge in [0.15, 0.2) is 11.6 Å². The third kappa shape index (κ3) is 2.59. The second-order valence-electron chi connectivity index (χ2n) is 11.4. The quantitative estimate of drug-likeness (QED) is 0.686. The Kier molecular flexibility index (Phi) is 4.55. The van der Waals surface area contributed by atoms with Gasteiger partial charge in [-0.05, 0) is 67.1 Å². The highest BCUT2D eigenvalue weighted by Crippen LogP contribution is 2.68. The predicted molar refractivity (Wildman–Crippen MR) is 112 cm³/mol. The number of aliphatic hydroxyl groups is 1. The van der Waals surface area contributed by atoms with Crippen LogP contribution in [-0.2, 0) is 18.9 Å². The van der Waals surface area contributed by atoms with Crippen molar-refractivity contribution >= 4 is 0 Å². The van der Waals surface area contributed by atoms with Crippen molar-refractivity contribution in [1.29, 1.82) is 0 Å². The smallest absolute Gasteiger partial charge is 0.195 e. The molecule has 6 aliphatic rings. The van der Waals surface area contributed by atoms with E-state index < -0.39 is 5.79 Å². The molecule has 0 radical (unpaired) electrons. The monoisotopic (exact) mass is 418 g/mol. The van der Waals surface area contributed by atoms with Crippen LogP contribution < -0.4 is 0 Å². The molecule has 0 aromatic carbocycles. The van der Waals surface area contributed by atoms with Gasteiger partial charge in [-0.1, -0.05) is 25.5 Å². The molecule has 0 amide bonds. The van der Waals surface area contributed by atoms with Gasteiger partial charge < -0.3 is 24.1 Å². The van der Waals surface area contributed by atoms with E-state index in [4.69, 9.17) is 18.9 Å². The lowest BCUT2D eigenvalue weighted by molar-refractivity contribution is -0.245. The lowest BCUT2D eigenvalue weighted by atomic mass is 9.47. The normalized spacial score (nSPS) is 48.8. The van der Waals surface area contributed by atoms with Crippen molar-refractivity contribution in [1.82, 2.24) is 0 Å². The molecule has 1 N–H and O–H groups in total. The van der Waals surface area contributed by atoms with Crippen LogP contribution in [0.15, 0.2) is 11.6 Å². The van der Waals surface area contributed by atoms with E-state index in [0.29, 0.717) is 25.0 Å². The Morgan fingerprint density at radius 3 is 2.37 bits per heavy atom. The number of allylic oxidation sites excluding steroid dienone is 1. The van der Waals surface area contributed by atoms with Crippen LogP contribution in [0.3, 0.4) is 0 Å². The van der Waals surface area contributed by atoms with Crippen LogP contribution >= 0.6 is 0 Å². The highest BCUT2D eigenvalue weighted by Gasteiger charge is 2.64. The molecule has 2 heterocycles. The van der Waals surface area contributed by atoms with Crippen molar-refractivity contribution in [3.05, 3.63) is 11.6 Å². The van der Waals surface area contributed by atoms with Crippen LogP contribution in [0.2, 0.25) is 0 Å². The molecule has 3 saturated carbocycles. The summed E-state index contributed by atoms with van der Waals surface area (Å²) in [5.41, 5.74) is 2.09. The molecule has 4 aliphatic carbocycles. The molecule has 1 spiro atoms. The summed E-state index contributed by atoms with van der Waals surface area (Å²) in [7, 11) is 0. The van der Waals surface area contributed by atoms with Gasteiger partial charge in [-0.2, -0.15) is 0 Å². The third-order valence-electron chi connectivity index (χ3n) is 10.5. The minimum absolute atomic E-state index is 0.0160. The summed E-state index contributed by atoms with van der Waals surface area (Å²) in [4.78, 5) is 0. The second kappa shape index (κ2) is 6.77. The predicted octanol–water partition coefficient (Wildman–Crippen LogP) is 4.04. The Morgan fingerprint density at radius 2 is 1.63 bits per heavy atom. The second-order valence-corrected chi connectivity index (χ2v) is 11.4. The topological polar surface area (TPSA) is 57.2 Å². The summed E-state index contributed by atoms with van der Waals surface area (Å²) >= 11 is 0. The fourth-order valence-electron chi connectivity index (χ4n) is 8.94.